The number of hydrogen-bond donors (Lipinski definition) is 0. The van der Waals surface area contributed by atoms with Crippen LogP contribution in [0, 0.1) is 0 Å². The van der Waals surface area contributed by atoms with Crippen LogP contribution in [0.1, 0.15) is 58.8 Å². The van der Waals surface area contributed by atoms with E-state index in [2.05, 4.69) is 6.92 Å². The average molecular weight is 254 g/mol. The van der Waals surface area contributed by atoms with Crippen LogP contribution < -0.4 is 0 Å². The summed E-state index contributed by atoms with van der Waals surface area (Å²) in [6, 6.07) is 0. The molecule has 0 aromatic rings. The van der Waals surface area contributed by atoms with E-state index in [4.69, 9.17) is 14.2 Å². The van der Waals surface area contributed by atoms with Crippen molar-refractivity contribution < 1.29 is 19.0 Å². The summed E-state index contributed by atoms with van der Waals surface area (Å²) < 4.78 is 18.0. The van der Waals surface area contributed by atoms with Crippen LogP contribution in [-0.4, -0.2) is 29.6 Å². The quantitative estimate of drug-likeness (QED) is 0.666. The van der Waals surface area contributed by atoms with Crippen molar-refractivity contribution >= 4 is 5.78 Å². The topological polar surface area (TPSA) is 44.8 Å². The van der Waals surface area contributed by atoms with E-state index < -0.39 is 11.6 Å². The number of hydrogen-bond acceptors (Lipinski definition) is 4. The highest BCUT2D eigenvalue weighted by Crippen LogP contribution is 2.46. The van der Waals surface area contributed by atoms with Gasteiger partial charge in [0.2, 0.25) is 5.79 Å². The first-order valence-electron chi connectivity index (χ1n) is 7.13. The Morgan fingerprint density at radius 3 is 2.50 bits per heavy atom. The molecular formula is C14H22O4. The molecule has 0 amide bonds. The summed E-state index contributed by atoms with van der Waals surface area (Å²) in [4.78, 5) is 12.2. The van der Waals surface area contributed by atoms with E-state index >= 15 is 0 Å². The van der Waals surface area contributed by atoms with Gasteiger partial charge in [-0.3, -0.25) is 4.79 Å². The Labute approximate surface area is 108 Å². The molecule has 2 spiro atoms. The van der Waals surface area contributed by atoms with Crippen molar-refractivity contribution in [2.75, 3.05) is 0 Å². The second kappa shape index (κ2) is 4.29. The molecule has 0 radical (unpaired) electrons. The molecule has 3 heterocycles. The molecule has 0 N–H and O–H groups in total. The summed E-state index contributed by atoms with van der Waals surface area (Å²) in [7, 11) is 0. The van der Waals surface area contributed by atoms with Gasteiger partial charge >= 0.3 is 0 Å². The van der Waals surface area contributed by atoms with Crippen LogP contribution in [-0.2, 0) is 19.0 Å². The van der Waals surface area contributed by atoms with Gasteiger partial charge in [-0.1, -0.05) is 0 Å². The molecule has 0 saturated carbocycles. The minimum absolute atomic E-state index is 0.0966. The molecule has 0 aromatic heterocycles. The number of carbonyl (C=O) groups excluding carboxylic acids is 1. The molecule has 3 rings (SSSR count). The summed E-state index contributed by atoms with van der Waals surface area (Å²) in [6.45, 7) is 4.07. The molecule has 4 heteroatoms. The highest BCUT2D eigenvalue weighted by atomic mass is 16.8. The third-order valence-electron chi connectivity index (χ3n) is 4.36. The van der Waals surface area contributed by atoms with Crippen LogP contribution in [0.5, 0.6) is 0 Å². The predicted octanol–water partition coefficient (Wildman–Crippen LogP) is 2.55. The van der Waals surface area contributed by atoms with Gasteiger partial charge in [-0.15, -0.1) is 0 Å². The molecule has 3 fully saturated rings. The van der Waals surface area contributed by atoms with E-state index in [0.29, 0.717) is 19.3 Å². The van der Waals surface area contributed by atoms with E-state index in [1.165, 1.54) is 0 Å². The number of carbonyl (C=O) groups is 1. The first kappa shape index (κ1) is 12.6. The van der Waals surface area contributed by atoms with Gasteiger partial charge in [0.25, 0.3) is 0 Å². The van der Waals surface area contributed by atoms with Crippen LogP contribution in [0.4, 0.5) is 0 Å². The number of ketones is 1. The molecule has 0 aliphatic carbocycles. The van der Waals surface area contributed by atoms with Gasteiger partial charge in [-0.2, -0.15) is 0 Å². The Morgan fingerprint density at radius 2 is 1.83 bits per heavy atom. The summed E-state index contributed by atoms with van der Waals surface area (Å²) in [5.41, 5.74) is 0. The molecule has 0 bridgehead atoms. The third-order valence-corrected chi connectivity index (χ3v) is 4.36. The largest absolute Gasteiger partial charge is 0.347 e. The summed E-state index contributed by atoms with van der Waals surface area (Å²) in [5.74, 6) is -1.48. The van der Waals surface area contributed by atoms with Gasteiger partial charge in [0.1, 0.15) is 0 Å². The fourth-order valence-electron chi connectivity index (χ4n) is 3.42. The van der Waals surface area contributed by atoms with Crippen molar-refractivity contribution in [1.29, 1.82) is 0 Å². The Morgan fingerprint density at radius 1 is 1.06 bits per heavy atom. The van der Waals surface area contributed by atoms with Crippen molar-refractivity contribution in [2.24, 2.45) is 0 Å². The highest BCUT2D eigenvalue weighted by molar-refractivity contribution is 5.87. The van der Waals surface area contributed by atoms with Crippen molar-refractivity contribution in [3.63, 3.8) is 0 Å². The normalized spacial score (nSPS) is 49.1. The van der Waals surface area contributed by atoms with E-state index in [-0.39, 0.29) is 18.0 Å². The van der Waals surface area contributed by atoms with Crippen molar-refractivity contribution in [3.8, 4) is 0 Å². The molecule has 3 aliphatic heterocycles. The lowest BCUT2D eigenvalue weighted by atomic mass is 9.90. The van der Waals surface area contributed by atoms with Crippen molar-refractivity contribution in [3.05, 3.63) is 0 Å². The van der Waals surface area contributed by atoms with E-state index in [1.807, 2.05) is 6.92 Å². The van der Waals surface area contributed by atoms with E-state index in [9.17, 15) is 4.79 Å². The highest BCUT2D eigenvalue weighted by Gasteiger charge is 2.56. The zero-order valence-corrected chi connectivity index (χ0v) is 11.2. The van der Waals surface area contributed by atoms with Crippen molar-refractivity contribution in [2.45, 2.75) is 82.6 Å². The molecule has 4 atom stereocenters. The van der Waals surface area contributed by atoms with Gasteiger partial charge in [0, 0.05) is 25.7 Å². The van der Waals surface area contributed by atoms with E-state index in [0.717, 1.165) is 25.7 Å². The average Bonchev–Trinajstić information content (AvgIpc) is 2.67. The first-order chi connectivity index (χ1) is 8.54. The molecule has 0 unspecified atom stereocenters. The Kier molecular flexibility index (Phi) is 3.00. The number of ether oxygens (including phenoxy) is 3. The van der Waals surface area contributed by atoms with Gasteiger partial charge in [-0.25, -0.2) is 0 Å². The summed E-state index contributed by atoms with van der Waals surface area (Å²) in [5, 5.41) is 0. The Bertz CT molecular complexity index is 356. The third kappa shape index (κ3) is 2.00. The molecule has 0 aromatic carbocycles. The van der Waals surface area contributed by atoms with Crippen LogP contribution >= 0.6 is 0 Å². The van der Waals surface area contributed by atoms with Crippen LogP contribution in [0.15, 0.2) is 0 Å². The van der Waals surface area contributed by atoms with Gasteiger partial charge < -0.3 is 14.2 Å². The van der Waals surface area contributed by atoms with Crippen LogP contribution in [0.3, 0.4) is 0 Å². The first-order valence-corrected chi connectivity index (χ1v) is 7.13. The summed E-state index contributed by atoms with van der Waals surface area (Å²) >= 11 is 0. The predicted molar refractivity (Wildman–Crippen MR) is 65.0 cm³/mol. The SMILES string of the molecule is C[C@@H]1CCC[C@]2(CCC(=O)[C@]3(CC[C@H](C)O3)O2)O1. The molecule has 3 aliphatic rings. The minimum Gasteiger partial charge on any atom is -0.347 e. The molecule has 3 saturated heterocycles. The van der Waals surface area contributed by atoms with Gasteiger partial charge in [0.15, 0.2) is 11.6 Å². The summed E-state index contributed by atoms with van der Waals surface area (Å²) in [6.07, 6.45) is 6.11. The number of Topliss-reactive ketones (excluding diaryl/α,β-unsaturated/α-hetero) is 1. The molecule has 18 heavy (non-hydrogen) atoms. The second-order valence-corrected chi connectivity index (χ2v) is 5.98. The number of rotatable bonds is 0. The maximum Gasteiger partial charge on any atom is 0.231 e. The minimum atomic E-state index is -1.01. The van der Waals surface area contributed by atoms with Crippen LogP contribution in [0.25, 0.3) is 0 Å². The maximum absolute atomic E-state index is 12.2. The van der Waals surface area contributed by atoms with Crippen LogP contribution in [0.2, 0.25) is 0 Å². The lowest BCUT2D eigenvalue weighted by Gasteiger charge is -2.48. The standard InChI is InChI=1S/C14H22O4/c1-10-4-3-7-13(16-10)8-6-12(15)14(18-13)9-5-11(2)17-14/h10-11H,3-9H2,1-2H3/t10-,11+,13+,14+/m1/s1. The fraction of sp³-hybridized carbons (Fsp3) is 0.929. The van der Waals surface area contributed by atoms with Gasteiger partial charge in [-0.05, 0) is 33.1 Å². The molecule has 4 nitrogen and oxygen atoms in total. The Balaban J connectivity index is 1.81. The smallest absolute Gasteiger partial charge is 0.231 e. The molecular weight excluding hydrogens is 232 g/mol. The lowest BCUT2D eigenvalue weighted by Crippen LogP contribution is -2.57. The Hall–Kier alpha value is -0.450. The van der Waals surface area contributed by atoms with E-state index in [1.54, 1.807) is 0 Å². The zero-order chi connectivity index (χ0) is 12.8. The zero-order valence-electron chi connectivity index (χ0n) is 11.2. The van der Waals surface area contributed by atoms with Crippen molar-refractivity contribution in [1.82, 2.24) is 0 Å². The lowest BCUT2D eigenvalue weighted by molar-refractivity contribution is -0.371. The maximum atomic E-state index is 12.2. The van der Waals surface area contributed by atoms with Gasteiger partial charge in [0.05, 0.1) is 12.2 Å². The molecule has 102 valence electrons. The fourth-order valence-corrected chi connectivity index (χ4v) is 3.42. The monoisotopic (exact) mass is 254 g/mol. The second-order valence-electron chi connectivity index (χ2n) is 5.98.